The number of nitrogens with zero attached hydrogens (tertiary/aromatic N) is 1. The number of aryl methyl sites for hydroxylation is 1. The van der Waals surface area contributed by atoms with Crippen LogP contribution in [0.3, 0.4) is 0 Å². The normalized spacial score (nSPS) is 14.2. The van der Waals surface area contributed by atoms with Crippen LogP contribution in [0.1, 0.15) is 23.5 Å². The van der Waals surface area contributed by atoms with Crippen molar-refractivity contribution in [2.45, 2.75) is 38.4 Å². The van der Waals surface area contributed by atoms with Crippen molar-refractivity contribution in [3.05, 3.63) is 16.1 Å². The van der Waals surface area contributed by atoms with Crippen molar-refractivity contribution < 1.29 is 13.2 Å². The monoisotopic (exact) mass is 238 g/mol. The molecule has 0 bridgehead atoms. The number of aromatic nitrogens is 1. The number of rotatable bonds is 4. The average molecular weight is 238 g/mol. The molecule has 2 nitrogen and oxygen atoms in total. The highest BCUT2D eigenvalue weighted by Gasteiger charge is 2.27. The van der Waals surface area contributed by atoms with Gasteiger partial charge in [-0.2, -0.15) is 13.2 Å². The molecule has 0 saturated carbocycles. The maximum absolute atomic E-state index is 11.9. The Bertz CT molecular complexity index is 309. The highest BCUT2D eigenvalue weighted by Crippen LogP contribution is 2.22. The van der Waals surface area contributed by atoms with E-state index in [1.807, 2.05) is 12.3 Å². The van der Waals surface area contributed by atoms with Crippen molar-refractivity contribution in [3.8, 4) is 0 Å². The van der Waals surface area contributed by atoms with Gasteiger partial charge in [0.1, 0.15) is 0 Å². The van der Waals surface area contributed by atoms with Gasteiger partial charge in [0.05, 0.1) is 10.7 Å². The first kappa shape index (κ1) is 12.4. The number of thiazole rings is 1. The fourth-order valence-corrected chi connectivity index (χ4v) is 1.85. The van der Waals surface area contributed by atoms with Crippen molar-refractivity contribution in [1.82, 2.24) is 4.98 Å². The van der Waals surface area contributed by atoms with Crippen molar-refractivity contribution >= 4 is 11.3 Å². The Balaban J connectivity index is 2.33. The van der Waals surface area contributed by atoms with Gasteiger partial charge in [-0.1, -0.05) is 0 Å². The molecule has 0 aliphatic heterocycles. The first-order valence-corrected chi connectivity index (χ1v) is 5.48. The van der Waals surface area contributed by atoms with Gasteiger partial charge in [0.25, 0.3) is 0 Å². The molecule has 15 heavy (non-hydrogen) atoms. The molecule has 2 N–H and O–H groups in total. The van der Waals surface area contributed by atoms with Gasteiger partial charge in [-0.25, -0.2) is 4.98 Å². The molecule has 0 fully saturated rings. The number of halogens is 3. The van der Waals surface area contributed by atoms with Crippen LogP contribution in [0, 0.1) is 6.92 Å². The van der Waals surface area contributed by atoms with E-state index in [4.69, 9.17) is 5.73 Å². The molecule has 1 aromatic heterocycles. The number of nitrogens with two attached hydrogens (primary N) is 1. The Kier molecular flexibility index (Phi) is 4.10. The molecule has 0 saturated heterocycles. The summed E-state index contributed by atoms with van der Waals surface area (Å²) < 4.78 is 35.7. The van der Waals surface area contributed by atoms with Crippen molar-refractivity contribution in [2.24, 2.45) is 5.73 Å². The van der Waals surface area contributed by atoms with E-state index in [0.29, 0.717) is 6.42 Å². The minimum atomic E-state index is -4.12. The molecule has 1 unspecified atom stereocenters. The van der Waals surface area contributed by atoms with Crippen molar-refractivity contribution in [1.29, 1.82) is 0 Å². The Hall–Kier alpha value is -0.620. The third kappa shape index (κ3) is 5.13. The second kappa shape index (κ2) is 4.94. The van der Waals surface area contributed by atoms with E-state index in [1.165, 1.54) is 11.3 Å². The molecule has 0 aromatic carbocycles. The first-order valence-electron chi connectivity index (χ1n) is 4.60. The molecule has 1 rings (SSSR count). The summed E-state index contributed by atoms with van der Waals surface area (Å²) in [4.78, 5) is 4.15. The standard InChI is InChI=1S/C9H13F3N2S/c1-6-14-8(5-15-6)4-7(13)2-3-9(10,11)12/h5,7H,2-4,13H2,1H3. The summed E-state index contributed by atoms with van der Waals surface area (Å²) in [5.74, 6) is 0. The Morgan fingerprint density at radius 1 is 1.53 bits per heavy atom. The summed E-state index contributed by atoms with van der Waals surface area (Å²) in [6, 6.07) is -0.465. The number of hydrogen-bond donors (Lipinski definition) is 1. The van der Waals surface area contributed by atoms with Crippen LogP contribution in [0.5, 0.6) is 0 Å². The zero-order valence-corrected chi connectivity index (χ0v) is 9.16. The third-order valence-electron chi connectivity index (χ3n) is 1.94. The molecule has 6 heteroatoms. The summed E-state index contributed by atoms with van der Waals surface area (Å²) in [5, 5.41) is 2.75. The fourth-order valence-electron chi connectivity index (χ4n) is 1.22. The van der Waals surface area contributed by atoms with E-state index in [-0.39, 0.29) is 6.42 Å². The van der Waals surface area contributed by atoms with Crippen LogP contribution in [0.2, 0.25) is 0 Å². The van der Waals surface area contributed by atoms with Gasteiger partial charge < -0.3 is 5.73 Å². The van der Waals surface area contributed by atoms with E-state index in [0.717, 1.165) is 10.7 Å². The zero-order valence-electron chi connectivity index (χ0n) is 8.34. The van der Waals surface area contributed by atoms with Crippen LogP contribution in [0.4, 0.5) is 13.2 Å². The van der Waals surface area contributed by atoms with E-state index in [9.17, 15) is 13.2 Å². The molecule has 1 atom stereocenters. The topological polar surface area (TPSA) is 38.9 Å². The molecule has 1 aromatic rings. The Morgan fingerprint density at radius 2 is 2.20 bits per heavy atom. The smallest absolute Gasteiger partial charge is 0.327 e. The second-order valence-electron chi connectivity index (χ2n) is 3.48. The molecule has 1 heterocycles. The fraction of sp³-hybridized carbons (Fsp3) is 0.667. The van der Waals surface area contributed by atoms with E-state index < -0.39 is 18.6 Å². The lowest BCUT2D eigenvalue weighted by Crippen LogP contribution is -2.25. The molecular formula is C9H13F3N2S. The van der Waals surface area contributed by atoms with Gasteiger partial charge in [-0.3, -0.25) is 0 Å². The van der Waals surface area contributed by atoms with E-state index >= 15 is 0 Å². The second-order valence-corrected chi connectivity index (χ2v) is 4.54. The van der Waals surface area contributed by atoms with Gasteiger partial charge in [0.2, 0.25) is 0 Å². The highest BCUT2D eigenvalue weighted by molar-refractivity contribution is 7.09. The third-order valence-corrected chi connectivity index (χ3v) is 2.76. The largest absolute Gasteiger partial charge is 0.389 e. The van der Waals surface area contributed by atoms with E-state index in [2.05, 4.69) is 4.98 Å². The summed E-state index contributed by atoms with van der Waals surface area (Å²) in [6.07, 6.45) is -4.56. The molecule has 0 spiro atoms. The maximum atomic E-state index is 11.9. The number of alkyl halides is 3. The number of hydrogen-bond acceptors (Lipinski definition) is 3. The molecular weight excluding hydrogens is 225 g/mol. The minimum absolute atomic E-state index is 0.0416. The minimum Gasteiger partial charge on any atom is -0.327 e. The quantitative estimate of drug-likeness (QED) is 0.875. The summed E-state index contributed by atoms with van der Waals surface area (Å²) >= 11 is 1.48. The SMILES string of the molecule is Cc1nc(CC(N)CCC(F)(F)F)cs1. The van der Waals surface area contributed by atoms with Crippen molar-refractivity contribution in [3.63, 3.8) is 0 Å². The Labute approximate surface area is 90.3 Å². The summed E-state index contributed by atoms with van der Waals surface area (Å²) in [6.45, 7) is 1.86. The highest BCUT2D eigenvalue weighted by atomic mass is 32.1. The van der Waals surface area contributed by atoms with Crippen LogP contribution in [-0.2, 0) is 6.42 Å². The van der Waals surface area contributed by atoms with Crippen LogP contribution < -0.4 is 5.73 Å². The first-order chi connectivity index (χ1) is 6.87. The lowest BCUT2D eigenvalue weighted by molar-refractivity contribution is -0.136. The summed E-state index contributed by atoms with van der Waals surface area (Å²) in [7, 11) is 0. The van der Waals surface area contributed by atoms with Gasteiger partial charge in [-0.15, -0.1) is 11.3 Å². The van der Waals surface area contributed by atoms with Crippen LogP contribution >= 0.6 is 11.3 Å². The van der Waals surface area contributed by atoms with Gasteiger partial charge in [0.15, 0.2) is 0 Å². The van der Waals surface area contributed by atoms with Gasteiger partial charge in [0, 0.05) is 24.3 Å². The van der Waals surface area contributed by atoms with Gasteiger partial charge in [-0.05, 0) is 13.3 Å². The predicted octanol–water partition coefficient (Wildman–Crippen LogP) is 2.66. The molecule has 86 valence electrons. The lowest BCUT2D eigenvalue weighted by atomic mass is 10.1. The molecule has 0 amide bonds. The maximum Gasteiger partial charge on any atom is 0.389 e. The predicted molar refractivity (Wildman–Crippen MR) is 53.8 cm³/mol. The molecule has 0 aliphatic rings. The van der Waals surface area contributed by atoms with Crippen LogP contribution in [0.25, 0.3) is 0 Å². The Morgan fingerprint density at radius 3 is 2.67 bits per heavy atom. The van der Waals surface area contributed by atoms with Crippen molar-refractivity contribution in [2.75, 3.05) is 0 Å². The molecule has 0 radical (unpaired) electrons. The van der Waals surface area contributed by atoms with Crippen LogP contribution in [-0.4, -0.2) is 17.2 Å². The molecule has 0 aliphatic carbocycles. The van der Waals surface area contributed by atoms with E-state index in [1.54, 1.807) is 0 Å². The average Bonchev–Trinajstić information content (AvgIpc) is 2.47. The van der Waals surface area contributed by atoms with Crippen LogP contribution in [0.15, 0.2) is 5.38 Å². The summed E-state index contributed by atoms with van der Waals surface area (Å²) in [5.41, 5.74) is 6.37. The lowest BCUT2D eigenvalue weighted by Gasteiger charge is -2.11. The zero-order chi connectivity index (χ0) is 11.5. The van der Waals surface area contributed by atoms with Gasteiger partial charge >= 0.3 is 6.18 Å².